The molecule has 0 fully saturated rings. The second kappa shape index (κ2) is 8.53. The number of para-hydroxylation sites is 1. The van der Waals surface area contributed by atoms with E-state index in [0.717, 1.165) is 4.47 Å². The van der Waals surface area contributed by atoms with Crippen molar-refractivity contribution in [3.63, 3.8) is 0 Å². The van der Waals surface area contributed by atoms with E-state index < -0.39 is 10.9 Å². The van der Waals surface area contributed by atoms with Crippen LogP contribution in [0.3, 0.4) is 0 Å². The van der Waals surface area contributed by atoms with Crippen molar-refractivity contribution in [2.24, 2.45) is 0 Å². The molecule has 7 heteroatoms. The van der Waals surface area contributed by atoms with Gasteiger partial charge in [0.1, 0.15) is 5.56 Å². The van der Waals surface area contributed by atoms with Crippen LogP contribution in [0, 0.1) is 17.0 Å². The lowest BCUT2D eigenvalue weighted by molar-refractivity contribution is -0.385. The molecule has 6 nitrogen and oxygen atoms in total. The first-order valence-corrected chi connectivity index (χ1v) is 8.39. The molecule has 0 unspecified atom stereocenters. The quantitative estimate of drug-likeness (QED) is 0.222. The number of hydrogen-bond acceptors (Lipinski definition) is 5. The monoisotopic (exact) mass is 405 g/mol. The van der Waals surface area contributed by atoms with Gasteiger partial charge in [0.25, 0.3) is 5.69 Å². The van der Waals surface area contributed by atoms with Crippen LogP contribution in [0.2, 0.25) is 0 Å². The van der Waals surface area contributed by atoms with E-state index in [1.165, 1.54) is 6.07 Å². The topological polar surface area (TPSA) is 86.5 Å². The van der Waals surface area contributed by atoms with Gasteiger partial charge in [-0.15, -0.1) is 0 Å². The Morgan fingerprint density at radius 2 is 1.84 bits per heavy atom. The molecule has 0 radical (unpaired) electrons. The van der Waals surface area contributed by atoms with Gasteiger partial charge < -0.3 is 4.74 Å². The third-order valence-corrected chi connectivity index (χ3v) is 4.12. The number of ether oxygens (including phenoxy) is 1. The highest BCUT2D eigenvalue weighted by molar-refractivity contribution is 9.10. The van der Waals surface area contributed by atoms with Gasteiger partial charge in [-0.2, -0.15) is 0 Å². The van der Waals surface area contributed by atoms with Gasteiger partial charge in [0.2, 0.25) is 0 Å². The molecule has 0 aliphatic rings. The highest BCUT2D eigenvalue weighted by atomic mass is 79.9. The summed E-state index contributed by atoms with van der Waals surface area (Å²) in [6.45, 7) is 1.58. The first-order valence-electron chi connectivity index (χ1n) is 7.60. The van der Waals surface area contributed by atoms with E-state index in [4.69, 9.17) is 4.74 Å². The molecule has 130 valence electrons. The number of carbonyl (C=O) groups is 2. The largest absolute Gasteiger partial charge is 0.462 e. The third-order valence-electron chi connectivity index (χ3n) is 3.59. The lowest BCUT2D eigenvalue weighted by Gasteiger charge is -2.07. The van der Waals surface area contributed by atoms with Crippen molar-refractivity contribution in [3.8, 4) is 0 Å². The number of aryl methyl sites for hydroxylation is 1. The minimum atomic E-state index is -0.758. The molecule has 0 amide bonds. The van der Waals surface area contributed by atoms with Gasteiger partial charge in [0.05, 0.1) is 11.5 Å². The summed E-state index contributed by atoms with van der Waals surface area (Å²) in [4.78, 5) is 34.6. The van der Waals surface area contributed by atoms with Crippen LogP contribution in [0.4, 0.5) is 5.69 Å². The average Bonchev–Trinajstić information content (AvgIpc) is 2.58. The van der Waals surface area contributed by atoms with Crippen LogP contribution >= 0.6 is 15.9 Å². The van der Waals surface area contributed by atoms with Crippen molar-refractivity contribution >= 4 is 33.4 Å². The molecule has 2 rings (SSSR count). The molecule has 25 heavy (non-hydrogen) atoms. The zero-order chi connectivity index (χ0) is 18.4. The Morgan fingerprint density at radius 1 is 1.16 bits per heavy atom. The van der Waals surface area contributed by atoms with Gasteiger partial charge in [-0.1, -0.05) is 40.2 Å². The molecule has 0 aliphatic carbocycles. The highest BCUT2D eigenvalue weighted by Crippen LogP contribution is 2.23. The van der Waals surface area contributed by atoms with Crippen molar-refractivity contribution in [3.05, 3.63) is 73.7 Å². The summed E-state index contributed by atoms with van der Waals surface area (Å²) in [5.74, 6) is -0.809. The summed E-state index contributed by atoms with van der Waals surface area (Å²) in [5.41, 5.74) is 0.649. The van der Waals surface area contributed by atoms with Crippen molar-refractivity contribution in [2.45, 2.75) is 19.8 Å². The summed E-state index contributed by atoms with van der Waals surface area (Å²) in [6, 6.07) is 11.5. The Kier molecular flexibility index (Phi) is 6.41. The maximum absolute atomic E-state index is 12.1. The van der Waals surface area contributed by atoms with Gasteiger partial charge in [-0.05, 0) is 31.5 Å². The normalized spacial score (nSPS) is 10.3. The second-order valence-electron chi connectivity index (χ2n) is 5.40. The van der Waals surface area contributed by atoms with Crippen LogP contribution in [0.1, 0.15) is 39.1 Å². The number of carbonyl (C=O) groups excluding carboxylic acids is 2. The van der Waals surface area contributed by atoms with E-state index in [2.05, 4.69) is 15.9 Å². The van der Waals surface area contributed by atoms with Gasteiger partial charge >= 0.3 is 5.97 Å². The predicted molar refractivity (Wildman–Crippen MR) is 95.8 cm³/mol. The number of ketones is 1. The van der Waals surface area contributed by atoms with Crippen LogP contribution in [0.25, 0.3) is 0 Å². The number of nitro groups is 1. The smallest absolute Gasteiger partial charge is 0.345 e. The highest BCUT2D eigenvalue weighted by Gasteiger charge is 2.23. The molecule has 0 spiro atoms. The molecule has 0 atom stereocenters. The van der Waals surface area contributed by atoms with Crippen LogP contribution in [-0.2, 0) is 4.74 Å². The Balaban J connectivity index is 1.89. The van der Waals surface area contributed by atoms with E-state index in [9.17, 15) is 19.7 Å². The molecule has 0 saturated heterocycles. The van der Waals surface area contributed by atoms with Crippen LogP contribution in [0.15, 0.2) is 46.9 Å². The van der Waals surface area contributed by atoms with Crippen LogP contribution < -0.4 is 0 Å². The number of nitro benzene ring substituents is 1. The van der Waals surface area contributed by atoms with E-state index in [1.807, 2.05) is 0 Å². The lowest BCUT2D eigenvalue weighted by atomic mass is 10.1. The summed E-state index contributed by atoms with van der Waals surface area (Å²) in [6.07, 6.45) is 0.574. The third kappa shape index (κ3) is 4.96. The molecule has 0 N–H and O–H groups in total. The van der Waals surface area contributed by atoms with E-state index in [-0.39, 0.29) is 30.1 Å². The number of Topliss-reactive ketones (excluding diaryl/α,β-unsaturated/α-hetero) is 1. The van der Waals surface area contributed by atoms with Crippen LogP contribution in [0.5, 0.6) is 0 Å². The Bertz CT molecular complexity index is 802. The molecule has 0 aliphatic heterocycles. The average molecular weight is 406 g/mol. The van der Waals surface area contributed by atoms with Crippen molar-refractivity contribution < 1.29 is 19.2 Å². The minimum absolute atomic E-state index is 0.0200. The van der Waals surface area contributed by atoms with Crippen molar-refractivity contribution in [1.29, 1.82) is 0 Å². The summed E-state index contributed by atoms with van der Waals surface area (Å²) >= 11 is 3.30. The molecular weight excluding hydrogens is 390 g/mol. The fraction of sp³-hybridized carbons (Fsp3) is 0.222. The molecule has 0 heterocycles. The number of halogens is 1. The van der Waals surface area contributed by atoms with Crippen molar-refractivity contribution in [1.82, 2.24) is 0 Å². The number of nitrogens with zero attached hydrogens (tertiary/aromatic N) is 1. The number of rotatable bonds is 7. The summed E-state index contributed by atoms with van der Waals surface area (Å²) in [7, 11) is 0. The van der Waals surface area contributed by atoms with E-state index in [1.54, 1.807) is 43.3 Å². The standard InChI is InChI=1S/C18H16BrNO5/c1-12-4-2-5-15(17(12)20(23)24)18(22)25-11-3-6-16(21)13-7-9-14(19)10-8-13/h2,4-5,7-10H,3,6,11H2,1H3. The first kappa shape index (κ1) is 18.8. The first-order chi connectivity index (χ1) is 11.9. The maximum atomic E-state index is 12.1. The van der Waals surface area contributed by atoms with Gasteiger partial charge in [0, 0.05) is 22.0 Å². The zero-order valence-electron chi connectivity index (χ0n) is 13.5. The Hall–Kier alpha value is -2.54. The molecule has 0 bridgehead atoms. The fourth-order valence-electron chi connectivity index (χ4n) is 2.32. The Morgan fingerprint density at radius 3 is 2.48 bits per heavy atom. The molecule has 0 saturated carbocycles. The fourth-order valence-corrected chi connectivity index (χ4v) is 2.59. The number of hydrogen-bond donors (Lipinski definition) is 0. The molecular formula is C18H16BrNO5. The van der Waals surface area contributed by atoms with Gasteiger partial charge in [-0.3, -0.25) is 14.9 Å². The van der Waals surface area contributed by atoms with E-state index >= 15 is 0 Å². The minimum Gasteiger partial charge on any atom is -0.462 e. The van der Waals surface area contributed by atoms with E-state index in [0.29, 0.717) is 17.5 Å². The Labute approximate surface area is 153 Å². The maximum Gasteiger partial charge on any atom is 0.345 e. The molecule has 2 aromatic rings. The number of esters is 1. The van der Waals surface area contributed by atoms with Crippen LogP contribution in [-0.4, -0.2) is 23.3 Å². The molecule has 0 aromatic heterocycles. The lowest BCUT2D eigenvalue weighted by Crippen LogP contribution is -2.11. The summed E-state index contributed by atoms with van der Waals surface area (Å²) in [5, 5.41) is 11.1. The number of benzene rings is 2. The second-order valence-corrected chi connectivity index (χ2v) is 6.31. The zero-order valence-corrected chi connectivity index (χ0v) is 15.1. The van der Waals surface area contributed by atoms with Gasteiger partial charge in [0.15, 0.2) is 5.78 Å². The summed E-state index contributed by atoms with van der Waals surface area (Å²) < 4.78 is 5.96. The predicted octanol–water partition coefficient (Wildman–Crippen LogP) is 4.49. The molecule has 2 aromatic carbocycles. The SMILES string of the molecule is Cc1cccc(C(=O)OCCCC(=O)c2ccc(Br)cc2)c1[N+](=O)[O-]. The van der Waals surface area contributed by atoms with Crippen molar-refractivity contribution in [2.75, 3.05) is 6.61 Å². The van der Waals surface area contributed by atoms with Gasteiger partial charge in [-0.25, -0.2) is 4.79 Å².